The Bertz CT molecular complexity index is 319. The third kappa shape index (κ3) is 3.76. The second-order valence-corrected chi connectivity index (χ2v) is 2.99. The average Bonchev–Trinajstić information content (AvgIpc) is 2.04. The molecule has 1 rings (SSSR count). The maximum Gasteiger partial charge on any atom is 0.221 e. The van der Waals surface area contributed by atoms with Crippen LogP contribution in [0.15, 0.2) is 35.5 Å². The first-order chi connectivity index (χ1) is 6.18. The molecule has 0 saturated carbocycles. The van der Waals surface area contributed by atoms with Crippen molar-refractivity contribution in [1.82, 2.24) is 5.32 Å². The molecule has 0 heterocycles. The zero-order valence-corrected chi connectivity index (χ0v) is 8.01. The Labute approximate surface area is 82.2 Å². The van der Waals surface area contributed by atoms with Crippen molar-refractivity contribution in [2.75, 3.05) is 0 Å². The number of carbonyl (C=O) groups excluding carboxylic acids is 1. The van der Waals surface area contributed by atoms with Gasteiger partial charge in [0, 0.05) is 6.92 Å². The molecule has 0 radical (unpaired) electrons. The molecule has 0 atom stereocenters. The molecule has 0 unspecified atom stereocenters. The van der Waals surface area contributed by atoms with Gasteiger partial charge in [0.1, 0.15) is 5.16 Å². The van der Waals surface area contributed by atoms with E-state index in [4.69, 9.17) is 11.6 Å². The van der Waals surface area contributed by atoms with Crippen LogP contribution in [-0.4, -0.2) is 5.91 Å². The first kappa shape index (κ1) is 9.81. The van der Waals surface area contributed by atoms with Crippen LogP contribution >= 0.6 is 11.6 Å². The predicted molar refractivity (Wildman–Crippen MR) is 54.1 cm³/mol. The first-order valence-corrected chi connectivity index (χ1v) is 4.26. The van der Waals surface area contributed by atoms with Crippen molar-refractivity contribution in [2.45, 2.75) is 6.92 Å². The van der Waals surface area contributed by atoms with Gasteiger partial charge in [-0.15, -0.1) is 0 Å². The molecule has 1 aromatic rings. The maximum absolute atomic E-state index is 10.6. The minimum atomic E-state index is -0.169. The molecule has 0 saturated heterocycles. The Kier molecular flexibility index (Phi) is 3.53. The number of nitrogens with one attached hydrogen (secondary N) is 1. The standard InChI is InChI=1S/C10H10ClNO/c1-8(13)12-10(11)7-9-5-3-2-4-6-9/h2-7H,1H3,(H,12,13)/b10-7+. The second kappa shape index (κ2) is 4.67. The normalized spacial score (nSPS) is 11.1. The maximum atomic E-state index is 10.6. The molecule has 13 heavy (non-hydrogen) atoms. The van der Waals surface area contributed by atoms with Gasteiger partial charge in [-0.3, -0.25) is 4.79 Å². The molecule has 0 aliphatic carbocycles. The summed E-state index contributed by atoms with van der Waals surface area (Å²) in [5.74, 6) is -0.169. The topological polar surface area (TPSA) is 29.1 Å². The molecule has 0 bridgehead atoms. The van der Waals surface area contributed by atoms with Crippen molar-refractivity contribution in [2.24, 2.45) is 0 Å². The van der Waals surface area contributed by atoms with Gasteiger partial charge >= 0.3 is 0 Å². The van der Waals surface area contributed by atoms with Gasteiger partial charge in [0.05, 0.1) is 0 Å². The highest BCUT2D eigenvalue weighted by molar-refractivity contribution is 6.32. The Morgan fingerprint density at radius 2 is 2.00 bits per heavy atom. The molecular formula is C10H10ClNO. The van der Waals surface area contributed by atoms with E-state index in [2.05, 4.69) is 5.32 Å². The quantitative estimate of drug-likeness (QED) is 0.722. The van der Waals surface area contributed by atoms with Gasteiger partial charge in [0.25, 0.3) is 0 Å². The summed E-state index contributed by atoms with van der Waals surface area (Å²) in [6.07, 6.45) is 1.70. The van der Waals surface area contributed by atoms with Crippen LogP contribution < -0.4 is 5.32 Å². The fourth-order valence-electron chi connectivity index (χ4n) is 0.900. The Morgan fingerprint density at radius 1 is 1.38 bits per heavy atom. The lowest BCUT2D eigenvalue weighted by molar-refractivity contribution is -0.118. The average molecular weight is 196 g/mol. The highest BCUT2D eigenvalue weighted by atomic mass is 35.5. The minimum absolute atomic E-state index is 0.169. The van der Waals surface area contributed by atoms with Gasteiger partial charge in [-0.2, -0.15) is 0 Å². The predicted octanol–water partition coefficient (Wildman–Crippen LogP) is 2.36. The van der Waals surface area contributed by atoms with Crippen LogP contribution in [0.3, 0.4) is 0 Å². The lowest BCUT2D eigenvalue weighted by atomic mass is 10.2. The number of hydrogen-bond acceptors (Lipinski definition) is 1. The summed E-state index contributed by atoms with van der Waals surface area (Å²) in [7, 11) is 0. The third-order valence-corrected chi connectivity index (χ3v) is 1.59. The fourth-order valence-corrected chi connectivity index (χ4v) is 1.16. The number of amides is 1. The lowest BCUT2D eigenvalue weighted by Crippen LogP contribution is -2.15. The molecule has 0 fully saturated rings. The molecule has 3 heteroatoms. The Balaban J connectivity index is 2.71. The molecule has 0 aromatic heterocycles. The molecule has 0 spiro atoms. The summed E-state index contributed by atoms with van der Waals surface area (Å²) in [5.41, 5.74) is 0.959. The fraction of sp³-hybridized carbons (Fsp3) is 0.100. The molecule has 0 aliphatic heterocycles. The van der Waals surface area contributed by atoms with Crippen molar-refractivity contribution >= 4 is 23.6 Å². The van der Waals surface area contributed by atoms with Gasteiger partial charge in [-0.05, 0) is 11.6 Å². The Morgan fingerprint density at radius 3 is 2.54 bits per heavy atom. The number of hydrogen-bond donors (Lipinski definition) is 1. The smallest absolute Gasteiger partial charge is 0.221 e. The number of carbonyl (C=O) groups is 1. The van der Waals surface area contributed by atoms with Crippen molar-refractivity contribution < 1.29 is 4.79 Å². The molecule has 0 aliphatic rings. The van der Waals surface area contributed by atoms with Crippen LogP contribution in [0, 0.1) is 0 Å². The summed E-state index contributed by atoms with van der Waals surface area (Å²) < 4.78 is 0. The van der Waals surface area contributed by atoms with Gasteiger partial charge in [-0.1, -0.05) is 41.9 Å². The van der Waals surface area contributed by atoms with E-state index in [-0.39, 0.29) is 5.91 Å². The zero-order valence-electron chi connectivity index (χ0n) is 7.25. The first-order valence-electron chi connectivity index (χ1n) is 3.88. The van der Waals surface area contributed by atoms with Crippen LogP contribution in [-0.2, 0) is 4.79 Å². The Hall–Kier alpha value is -1.28. The summed E-state index contributed by atoms with van der Waals surface area (Å²) in [6.45, 7) is 1.42. The largest absolute Gasteiger partial charge is 0.317 e. The summed E-state index contributed by atoms with van der Waals surface area (Å²) in [5, 5.41) is 2.81. The van der Waals surface area contributed by atoms with Crippen molar-refractivity contribution in [3.05, 3.63) is 41.1 Å². The summed E-state index contributed by atoms with van der Waals surface area (Å²) in [4.78, 5) is 10.6. The van der Waals surface area contributed by atoms with Crippen LogP contribution in [0.25, 0.3) is 6.08 Å². The van der Waals surface area contributed by atoms with Crippen LogP contribution in [0.2, 0.25) is 0 Å². The van der Waals surface area contributed by atoms with E-state index in [0.29, 0.717) is 5.16 Å². The van der Waals surface area contributed by atoms with Crippen molar-refractivity contribution in [1.29, 1.82) is 0 Å². The van der Waals surface area contributed by atoms with E-state index in [1.165, 1.54) is 6.92 Å². The minimum Gasteiger partial charge on any atom is -0.317 e. The highest BCUT2D eigenvalue weighted by Gasteiger charge is 1.94. The van der Waals surface area contributed by atoms with Gasteiger partial charge in [-0.25, -0.2) is 0 Å². The third-order valence-electron chi connectivity index (χ3n) is 1.39. The number of benzene rings is 1. The summed E-state index contributed by atoms with van der Waals surface area (Å²) >= 11 is 5.74. The highest BCUT2D eigenvalue weighted by Crippen LogP contribution is 2.06. The number of halogens is 1. The van der Waals surface area contributed by atoms with E-state index >= 15 is 0 Å². The molecule has 1 aromatic carbocycles. The van der Waals surface area contributed by atoms with E-state index in [9.17, 15) is 4.79 Å². The van der Waals surface area contributed by atoms with E-state index in [0.717, 1.165) is 5.56 Å². The van der Waals surface area contributed by atoms with Crippen molar-refractivity contribution in [3.63, 3.8) is 0 Å². The van der Waals surface area contributed by atoms with Gasteiger partial charge < -0.3 is 5.32 Å². The molecule has 1 N–H and O–H groups in total. The van der Waals surface area contributed by atoms with Crippen LogP contribution in [0.1, 0.15) is 12.5 Å². The SMILES string of the molecule is CC(=O)N/C(Cl)=C/c1ccccc1. The second-order valence-electron chi connectivity index (χ2n) is 2.58. The molecule has 1 amide bonds. The van der Waals surface area contributed by atoms with Crippen LogP contribution in [0.4, 0.5) is 0 Å². The van der Waals surface area contributed by atoms with E-state index in [1.54, 1.807) is 6.08 Å². The van der Waals surface area contributed by atoms with E-state index in [1.807, 2.05) is 30.3 Å². The van der Waals surface area contributed by atoms with Gasteiger partial charge in [0.2, 0.25) is 5.91 Å². The monoisotopic (exact) mass is 195 g/mol. The van der Waals surface area contributed by atoms with E-state index < -0.39 is 0 Å². The van der Waals surface area contributed by atoms with Crippen molar-refractivity contribution in [3.8, 4) is 0 Å². The molecule has 2 nitrogen and oxygen atoms in total. The number of rotatable bonds is 2. The van der Waals surface area contributed by atoms with Gasteiger partial charge in [0.15, 0.2) is 0 Å². The lowest BCUT2D eigenvalue weighted by Gasteiger charge is -1.98. The summed E-state index contributed by atoms with van der Waals surface area (Å²) in [6, 6.07) is 9.55. The zero-order chi connectivity index (χ0) is 9.68. The molecule has 68 valence electrons. The van der Waals surface area contributed by atoms with Crippen LogP contribution in [0.5, 0.6) is 0 Å². The molecular weight excluding hydrogens is 186 g/mol.